The molecule has 0 aromatic carbocycles. The van der Waals surface area contributed by atoms with Gasteiger partial charge in [0.05, 0.1) is 12.6 Å². The number of hydrogen-bond acceptors (Lipinski definition) is 4. The van der Waals surface area contributed by atoms with Gasteiger partial charge in [-0.3, -0.25) is 4.79 Å². The Kier molecular flexibility index (Phi) is 4.71. The molecule has 0 aliphatic carbocycles. The van der Waals surface area contributed by atoms with Crippen LogP contribution in [0.1, 0.15) is 34.1 Å². The van der Waals surface area contributed by atoms with Crippen molar-refractivity contribution in [3.05, 3.63) is 0 Å². The summed E-state index contributed by atoms with van der Waals surface area (Å²) in [6.07, 6.45) is 1.01. The summed E-state index contributed by atoms with van der Waals surface area (Å²) in [7, 11) is 0. The summed E-state index contributed by atoms with van der Waals surface area (Å²) in [5.41, 5.74) is -0.814. The van der Waals surface area contributed by atoms with Gasteiger partial charge in [-0.1, -0.05) is 13.8 Å². The number of carbonyl (C=O) groups excluding carboxylic acids is 1. The van der Waals surface area contributed by atoms with Crippen molar-refractivity contribution >= 4 is 5.91 Å². The van der Waals surface area contributed by atoms with Crippen LogP contribution in [0.25, 0.3) is 0 Å². The Morgan fingerprint density at radius 3 is 2.72 bits per heavy atom. The molecule has 3 N–H and O–H groups in total. The molecule has 0 spiro atoms. The van der Waals surface area contributed by atoms with Gasteiger partial charge < -0.3 is 16.0 Å². The lowest BCUT2D eigenvalue weighted by Gasteiger charge is -2.29. The third kappa shape index (κ3) is 3.69. The lowest BCUT2D eigenvalue weighted by molar-refractivity contribution is -0.122. The molecule has 1 amide bonds. The van der Waals surface area contributed by atoms with Crippen molar-refractivity contribution in [2.45, 2.75) is 45.2 Å². The Labute approximate surface area is 109 Å². The van der Waals surface area contributed by atoms with Crippen molar-refractivity contribution in [2.75, 3.05) is 19.6 Å². The quantitative estimate of drug-likeness (QED) is 0.661. The summed E-state index contributed by atoms with van der Waals surface area (Å²) in [6, 6.07) is 2.17. The van der Waals surface area contributed by atoms with Crippen LogP contribution in [0.2, 0.25) is 0 Å². The first-order valence-corrected chi connectivity index (χ1v) is 6.49. The van der Waals surface area contributed by atoms with Crippen LogP contribution in [0, 0.1) is 17.2 Å². The second kappa shape index (κ2) is 5.68. The van der Waals surface area contributed by atoms with Crippen LogP contribution in [0.3, 0.4) is 0 Å². The second-order valence-electron chi connectivity index (χ2n) is 5.86. The molecule has 1 aliphatic rings. The summed E-state index contributed by atoms with van der Waals surface area (Å²) in [5.74, 6) is -0.0453. The lowest BCUT2D eigenvalue weighted by atomic mass is 9.90. The van der Waals surface area contributed by atoms with Gasteiger partial charge in [0.25, 0.3) is 0 Å². The average molecular weight is 252 g/mol. The van der Waals surface area contributed by atoms with Gasteiger partial charge in [0.1, 0.15) is 5.54 Å². The molecule has 18 heavy (non-hydrogen) atoms. The highest BCUT2D eigenvalue weighted by molar-refractivity contribution is 5.79. The topological polar surface area (TPSA) is 77.0 Å². The number of rotatable bonds is 5. The predicted molar refractivity (Wildman–Crippen MR) is 70.9 cm³/mol. The molecule has 0 radical (unpaired) electrons. The van der Waals surface area contributed by atoms with Crippen LogP contribution in [-0.2, 0) is 4.79 Å². The molecule has 2 unspecified atom stereocenters. The van der Waals surface area contributed by atoms with Gasteiger partial charge >= 0.3 is 0 Å². The SMILES string of the molecule is CC(C)C(C)(C#N)NC(=O)CNC1(C)CCNC1. The van der Waals surface area contributed by atoms with Crippen molar-refractivity contribution < 1.29 is 4.79 Å². The van der Waals surface area contributed by atoms with E-state index in [0.717, 1.165) is 19.5 Å². The van der Waals surface area contributed by atoms with E-state index in [1.807, 2.05) is 13.8 Å². The highest BCUT2D eigenvalue weighted by Gasteiger charge is 2.32. The number of nitrogens with one attached hydrogen (secondary N) is 3. The summed E-state index contributed by atoms with van der Waals surface area (Å²) in [6.45, 7) is 9.83. The number of nitriles is 1. The number of carbonyl (C=O) groups is 1. The molecule has 1 aliphatic heterocycles. The maximum atomic E-state index is 11.9. The monoisotopic (exact) mass is 252 g/mol. The van der Waals surface area contributed by atoms with Gasteiger partial charge in [-0.15, -0.1) is 0 Å². The maximum Gasteiger partial charge on any atom is 0.235 e. The van der Waals surface area contributed by atoms with Crippen LogP contribution < -0.4 is 16.0 Å². The molecule has 0 aromatic heterocycles. The highest BCUT2D eigenvalue weighted by atomic mass is 16.2. The predicted octanol–water partition coefficient (Wildman–Crippen LogP) is 0.382. The van der Waals surface area contributed by atoms with Crippen LogP contribution in [0.4, 0.5) is 0 Å². The van der Waals surface area contributed by atoms with E-state index in [4.69, 9.17) is 5.26 Å². The summed E-state index contributed by atoms with van der Waals surface area (Å²) < 4.78 is 0. The molecule has 5 heteroatoms. The molecule has 1 fully saturated rings. The minimum absolute atomic E-state index is 0.0157. The first kappa shape index (κ1) is 14.9. The fourth-order valence-electron chi connectivity index (χ4n) is 1.90. The largest absolute Gasteiger partial charge is 0.337 e. The van der Waals surface area contributed by atoms with E-state index in [1.54, 1.807) is 6.92 Å². The van der Waals surface area contributed by atoms with Crippen molar-refractivity contribution in [3.8, 4) is 6.07 Å². The van der Waals surface area contributed by atoms with Gasteiger partial charge in [0, 0.05) is 12.1 Å². The maximum absolute atomic E-state index is 11.9. The minimum Gasteiger partial charge on any atom is -0.337 e. The van der Waals surface area contributed by atoms with Crippen LogP contribution in [0.5, 0.6) is 0 Å². The van der Waals surface area contributed by atoms with Gasteiger partial charge in [-0.2, -0.15) is 5.26 Å². The number of amides is 1. The highest BCUT2D eigenvalue weighted by Crippen LogP contribution is 2.15. The molecule has 2 atom stereocenters. The Balaban J connectivity index is 2.45. The van der Waals surface area contributed by atoms with E-state index in [0.29, 0.717) is 0 Å². The zero-order valence-corrected chi connectivity index (χ0v) is 11.8. The Bertz CT molecular complexity index is 341. The molecule has 1 rings (SSSR count). The van der Waals surface area contributed by atoms with E-state index in [2.05, 4.69) is 28.9 Å². The standard InChI is InChI=1S/C13H24N4O/c1-10(2)13(4,8-14)17-11(18)7-16-12(3)5-6-15-9-12/h10,15-16H,5-7,9H2,1-4H3,(H,17,18). The molecule has 1 heterocycles. The fraction of sp³-hybridized carbons (Fsp3) is 0.846. The van der Waals surface area contributed by atoms with E-state index < -0.39 is 5.54 Å². The van der Waals surface area contributed by atoms with Gasteiger partial charge in [-0.25, -0.2) is 0 Å². The van der Waals surface area contributed by atoms with E-state index in [9.17, 15) is 4.79 Å². The number of hydrogen-bond donors (Lipinski definition) is 3. The van der Waals surface area contributed by atoms with Gasteiger partial charge in [0.15, 0.2) is 0 Å². The van der Waals surface area contributed by atoms with Crippen LogP contribution in [-0.4, -0.2) is 36.6 Å². The smallest absolute Gasteiger partial charge is 0.235 e. The fourth-order valence-corrected chi connectivity index (χ4v) is 1.90. The van der Waals surface area contributed by atoms with Crippen molar-refractivity contribution in [2.24, 2.45) is 5.92 Å². The minimum atomic E-state index is -0.798. The summed E-state index contributed by atoms with van der Waals surface area (Å²) >= 11 is 0. The third-order valence-electron chi connectivity index (χ3n) is 3.83. The van der Waals surface area contributed by atoms with Crippen LogP contribution in [0.15, 0.2) is 0 Å². The molecule has 102 valence electrons. The third-order valence-corrected chi connectivity index (χ3v) is 3.83. The van der Waals surface area contributed by atoms with E-state index in [1.165, 1.54) is 0 Å². The molecular weight excluding hydrogens is 228 g/mol. The Hall–Kier alpha value is -1.12. The Morgan fingerprint density at radius 2 is 2.28 bits per heavy atom. The van der Waals surface area contributed by atoms with E-state index >= 15 is 0 Å². The number of nitrogens with zero attached hydrogens (tertiary/aromatic N) is 1. The van der Waals surface area contributed by atoms with Crippen LogP contribution >= 0.6 is 0 Å². The summed E-state index contributed by atoms with van der Waals surface area (Å²) in [5, 5.41) is 18.5. The zero-order valence-electron chi connectivity index (χ0n) is 11.8. The van der Waals surface area contributed by atoms with Gasteiger partial charge in [0.2, 0.25) is 5.91 Å². The molecule has 0 aromatic rings. The molecular formula is C13H24N4O. The summed E-state index contributed by atoms with van der Waals surface area (Å²) in [4.78, 5) is 11.9. The first-order valence-electron chi connectivity index (χ1n) is 6.49. The molecule has 0 bridgehead atoms. The van der Waals surface area contributed by atoms with Crippen molar-refractivity contribution in [1.29, 1.82) is 5.26 Å². The van der Waals surface area contributed by atoms with Crippen molar-refractivity contribution in [3.63, 3.8) is 0 Å². The van der Waals surface area contributed by atoms with E-state index in [-0.39, 0.29) is 23.9 Å². The molecule has 1 saturated heterocycles. The molecule has 5 nitrogen and oxygen atoms in total. The zero-order chi connectivity index (χ0) is 13.8. The average Bonchev–Trinajstić information content (AvgIpc) is 2.74. The lowest BCUT2D eigenvalue weighted by Crippen LogP contribution is -2.54. The van der Waals surface area contributed by atoms with Gasteiger partial charge in [-0.05, 0) is 32.7 Å². The molecule has 0 saturated carbocycles. The van der Waals surface area contributed by atoms with Crippen molar-refractivity contribution in [1.82, 2.24) is 16.0 Å². The Morgan fingerprint density at radius 1 is 1.61 bits per heavy atom. The normalized spacial score (nSPS) is 26.7. The second-order valence-corrected chi connectivity index (χ2v) is 5.86. The first-order chi connectivity index (χ1) is 8.31.